The molecule has 0 bridgehead atoms. The van der Waals surface area contributed by atoms with Gasteiger partial charge in [-0.2, -0.15) is 0 Å². The van der Waals surface area contributed by atoms with Gasteiger partial charge in [0.15, 0.2) is 0 Å². The van der Waals surface area contributed by atoms with Crippen LogP contribution in [0, 0.1) is 13.8 Å². The predicted octanol–water partition coefficient (Wildman–Crippen LogP) is 5.46. The molecule has 0 aliphatic carbocycles. The van der Waals surface area contributed by atoms with E-state index < -0.39 is 0 Å². The van der Waals surface area contributed by atoms with E-state index in [0.717, 1.165) is 16.7 Å². The van der Waals surface area contributed by atoms with Crippen LogP contribution >= 0.6 is 11.6 Å². The Morgan fingerprint density at radius 2 is 1.85 bits per heavy atom. The first-order chi connectivity index (χ1) is 15.9. The van der Waals surface area contributed by atoms with Crippen LogP contribution in [0.15, 0.2) is 65.7 Å². The molecule has 168 valence electrons. The van der Waals surface area contributed by atoms with Gasteiger partial charge in [0.2, 0.25) is 11.8 Å². The highest BCUT2D eigenvalue weighted by molar-refractivity contribution is 6.31. The first kappa shape index (κ1) is 22.6. The van der Waals surface area contributed by atoms with Crippen LogP contribution in [0.4, 0.5) is 17.1 Å². The molecular formula is C26H24ClN3O3. The Morgan fingerprint density at radius 1 is 1.12 bits per heavy atom. The number of fused-ring (bicyclic) bond motifs is 1. The third-order valence-corrected chi connectivity index (χ3v) is 5.90. The maximum Gasteiger partial charge on any atom is 0.244 e. The average molecular weight is 462 g/mol. The molecule has 0 spiro atoms. The summed E-state index contributed by atoms with van der Waals surface area (Å²) in [6, 6.07) is 18.6. The number of amides is 2. The molecule has 3 aromatic rings. The number of carbonyl (C=O) groups is 2. The number of halogens is 1. The van der Waals surface area contributed by atoms with E-state index in [1.807, 2.05) is 56.3 Å². The number of rotatable bonds is 5. The van der Waals surface area contributed by atoms with Crippen molar-refractivity contribution in [3.63, 3.8) is 0 Å². The molecule has 6 nitrogen and oxygen atoms in total. The second kappa shape index (κ2) is 9.46. The summed E-state index contributed by atoms with van der Waals surface area (Å²) in [6.45, 7) is 3.70. The summed E-state index contributed by atoms with van der Waals surface area (Å²) < 4.78 is 5.34. The standard InChI is InChI=1S/C26H24ClN3O3/c1-16-8-10-18(11-9-16)21-14-26(32)30(23-7-5-4-6-20(23)28-21)15-25(31)29-22-12-17(2)19(27)13-24(22)33-3/h4-13H,14-15H2,1-3H3,(H,29,31). The summed E-state index contributed by atoms with van der Waals surface area (Å²) in [5.41, 5.74) is 5.23. The normalized spacial score (nSPS) is 13.2. The largest absolute Gasteiger partial charge is 0.495 e. The van der Waals surface area contributed by atoms with Crippen molar-refractivity contribution < 1.29 is 14.3 Å². The summed E-state index contributed by atoms with van der Waals surface area (Å²) in [7, 11) is 1.51. The van der Waals surface area contributed by atoms with Crippen LogP contribution in [0.25, 0.3) is 0 Å². The Balaban J connectivity index is 1.61. The molecule has 0 atom stereocenters. The van der Waals surface area contributed by atoms with Crippen LogP contribution in [-0.2, 0) is 9.59 Å². The number of hydrogen-bond donors (Lipinski definition) is 1. The maximum absolute atomic E-state index is 13.3. The molecule has 0 radical (unpaired) electrons. The third kappa shape index (κ3) is 4.91. The molecule has 0 saturated carbocycles. The number of aliphatic imine (C=N–C) groups is 1. The van der Waals surface area contributed by atoms with E-state index in [2.05, 4.69) is 5.32 Å². The number of benzene rings is 3. The van der Waals surface area contributed by atoms with Gasteiger partial charge in [-0.1, -0.05) is 53.6 Å². The zero-order chi connectivity index (χ0) is 23.5. The van der Waals surface area contributed by atoms with Crippen molar-refractivity contribution in [2.24, 2.45) is 4.99 Å². The minimum absolute atomic E-state index is 0.0917. The van der Waals surface area contributed by atoms with Crippen molar-refractivity contribution in [2.75, 3.05) is 23.9 Å². The Labute approximate surface area is 197 Å². The molecule has 4 rings (SSSR count). The molecule has 0 aromatic heterocycles. The van der Waals surface area contributed by atoms with Gasteiger partial charge in [-0.3, -0.25) is 14.6 Å². The Morgan fingerprint density at radius 3 is 2.58 bits per heavy atom. The smallest absolute Gasteiger partial charge is 0.244 e. The van der Waals surface area contributed by atoms with Gasteiger partial charge in [-0.05, 0) is 43.2 Å². The van der Waals surface area contributed by atoms with Crippen molar-refractivity contribution in [1.29, 1.82) is 0 Å². The molecular weight excluding hydrogens is 438 g/mol. The van der Waals surface area contributed by atoms with Gasteiger partial charge in [0, 0.05) is 11.1 Å². The van der Waals surface area contributed by atoms with Crippen LogP contribution in [0.5, 0.6) is 5.75 Å². The summed E-state index contributed by atoms with van der Waals surface area (Å²) in [5.74, 6) is -0.0998. The number of methoxy groups -OCH3 is 1. The van der Waals surface area contributed by atoms with Crippen LogP contribution < -0.4 is 15.0 Å². The predicted molar refractivity (Wildman–Crippen MR) is 132 cm³/mol. The Hall–Kier alpha value is -3.64. The van der Waals surface area contributed by atoms with Crippen LogP contribution in [-0.4, -0.2) is 31.2 Å². The van der Waals surface area contributed by atoms with Crippen LogP contribution in [0.2, 0.25) is 5.02 Å². The fourth-order valence-electron chi connectivity index (χ4n) is 3.69. The number of carbonyl (C=O) groups excluding carboxylic acids is 2. The lowest BCUT2D eigenvalue weighted by Gasteiger charge is -2.22. The number of aryl methyl sites for hydroxylation is 2. The first-order valence-corrected chi connectivity index (χ1v) is 10.9. The zero-order valence-electron chi connectivity index (χ0n) is 18.7. The lowest BCUT2D eigenvalue weighted by atomic mass is 10.1. The van der Waals surface area contributed by atoms with Crippen molar-refractivity contribution in [3.8, 4) is 5.75 Å². The van der Waals surface area contributed by atoms with Crippen molar-refractivity contribution >= 4 is 46.2 Å². The first-order valence-electron chi connectivity index (χ1n) is 10.5. The molecule has 1 aliphatic heterocycles. The number of nitrogens with one attached hydrogen (secondary N) is 1. The van der Waals surface area contributed by atoms with Gasteiger partial charge in [0.1, 0.15) is 12.3 Å². The van der Waals surface area contributed by atoms with Crippen molar-refractivity contribution in [2.45, 2.75) is 20.3 Å². The number of anilines is 2. The molecule has 33 heavy (non-hydrogen) atoms. The minimum Gasteiger partial charge on any atom is -0.495 e. The quantitative estimate of drug-likeness (QED) is 0.548. The fraction of sp³-hybridized carbons (Fsp3) is 0.192. The monoisotopic (exact) mass is 461 g/mol. The van der Waals surface area contributed by atoms with E-state index in [9.17, 15) is 9.59 Å². The highest BCUT2D eigenvalue weighted by Crippen LogP contribution is 2.34. The summed E-state index contributed by atoms with van der Waals surface area (Å²) >= 11 is 6.16. The lowest BCUT2D eigenvalue weighted by Crippen LogP contribution is -2.38. The van der Waals surface area contributed by atoms with Gasteiger partial charge in [0.05, 0.1) is 36.3 Å². The summed E-state index contributed by atoms with van der Waals surface area (Å²) in [4.78, 5) is 32.5. The highest BCUT2D eigenvalue weighted by atomic mass is 35.5. The average Bonchev–Trinajstić information content (AvgIpc) is 2.93. The van der Waals surface area contributed by atoms with Crippen LogP contribution in [0.3, 0.4) is 0 Å². The van der Waals surface area contributed by atoms with Gasteiger partial charge >= 0.3 is 0 Å². The van der Waals surface area contributed by atoms with E-state index in [0.29, 0.717) is 33.5 Å². The number of ether oxygens (including phenoxy) is 1. The SMILES string of the molecule is COc1cc(Cl)c(C)cc1NC(=O)CN1C(=O)CC(c2ccc(C)cc2)=Nc2ccccc21. The van der Waals surface area contributed by atoms with Crippen LogP contribution in [0.1, 0.15) is 23.1 Å². The number of para-hydroxylation sites is 2. The van der Waals surface area contributed by atoms with Gasteiger partial charge in [-0.15, -0.1) is 0 Å². The second-order valence-corrected chi connectivity index (χ2v) is 8.33. The Kier molecular flexibility index (Phi) is 6.47. The molecule has 0 saturated heterocycles. The van der Waals surface area contributed by atoms with E-state index in [1.54, 1.807) is 18.2 Å². The molecule has 3 aromatic carbocycles. The molecule has 0 unspecified atom stereocenters. The lowest BCUT2D eigenvalue weighted by molar-refractivity contribution is -0.120. The molecule has 0 fully saturated rings. The molecule has 1 N–H and O–H groups in total. The fourth-order valence-corrected chi connectivity index (χ4v) is 3.85. The highest BCUT2D eigenvalue weighted by Gasteiger charge is 2.27. The van der Waals surface area contributed by atoms with E-state index in [-0.39, 0.29) is 24.8 Å². The molecule has 1 aliphatic rings. The van der Waals surface area contributed by atoms with Gasteiger partial charge in [0.25, 0.3) is 0 Å². The summed E-state index contributed by atoms with van der Waals surface area (Å²) in [5, 5.41) is 3.39. The van der Waals surface area contributed by atoms with Gasteiger partial charge in [-0.25, -0.2) is 0 Å². The minimum atomic E-state index is -0.350. The third-order valence-electron chi connectivity index (χ3n) is 5.49. The van der Waals surface area contributed by atoms with Crippen molar-refractivity contribution in [3.05, 3.63) is 82.4 Å². The molecule has 7 heteroatoms. The van der Waals surface area contributed by atoms with E-state index in [4.69, 9.17) is 21.3 Å². The molecule has 2 amide bonds. The number of nitrogens with zero attached hydrogens (tertiary/aromatic N) is 2. The maximum atomic E-state index is 13.3. The molecule has 1 heterocycles. The number of hydrogen-bond acceptors (Lipinski definition) is 4. The zero-order valence-corrected chi connectivity index (χ0v) is 19.4. The van der Waals surface area contributed by atoms with Gasteiger partial charge < -0.3 is 15.0 Å². The topological polar surface area (TPSA) is 71.0 Å². The van der Waals surface area contributed by atoms with E-state index >= 15 is 0 Å². The summed E-state index contributed by atoms with van der Waals surface area (Å²) in [6.07, 6.45) is 0.0917. The second-order valence-electron chi connectivity index (χ2n) is 7.92. The van der Waals surface area contributed by atoms with E-state index in [1.165, 1.54) is 12.0 Å². The Bertz CT molecular complexity index is 1250. The van der Waals surface area contributed by atoms with Crippen molar-refractivity contribution in [1.82, 2.24) is 0 Å².